The van der Waals surface area contributed by atoms with E-state index in [-0.39, 0.29) is 11.7 Å². The number of rotatable bonds is 3. The third kappa shape index (κ3) is 7.81. The van der Waals surface area contributed by atoms with Crippen molar-refractivity contribution in [2.75, 3.05) is 6.61 Å². The van der Waals surface area contributed by atoms with Crippen LogP contribution in [0.15, 0.2) is 4.99 Å². The molecule has 126 valence electrons. The van der Waals surface area contributed by atoms with Crippen molar-refractivity contribution in [3.05, 3.63) is 0 Å². The van der Waals surface area contributed by atoms with E-state index in [9.17, 15) is 4.79 Å². The fourth-order valence-corrected chi connectivity index (χ4v) is 2.61. The van der Waals surface area contributed by atoms with E-state index in [1.807, 2.05) is 0 Å². The van der Waals surface area contributed by atoms with Gasteiger partial charge in [-0.1, -0.05) is 47.6 Å². The van der Waals surface area contributed by atoms with Crippen LogP contribution in [0.25, 0.3) is 0 Å². The first-order valence-corrected chi connectivity index (χ1v) is 8.74. The molecule has 0 heterocycles. The molecule has 9 heteroatoms. The Labute approximate surface area is 151 Å². The smallest absolute Gasteiger partial charge is 0.408 e. The highest BCUT2D eigenvalue weighted by Crippen LogP contribution is 2.29. The Morgan fingerprint density at radius 2 is 1.86 bits per heavy atom. The molecule has 1 unspecified atom stereocenters. The summed E-state index contributed by atoms with van der Waals surface area (Å²) < 4.78 is 2.98. The van der Waals surface area contributed by atoms with Crippen molar-refractivity contribution >= 4 is 63.9 Å². The van der Waals surface area contributed by atoms with Gasteiger partial charge < -0.3 is 10.1 Å². The third-order valence-electron chi connectivity index (χ3n) is 3.07. The zero-order chi connectivity index (χ0) is 16.6. The van der Waals surface area contributed by atoms with Crippen molar-refractivity contribution in [3.8, 4) is 0 Å². The van der Waals surface area contributed by atoms with Gasteiger partial charge in [-0.15, -0.1) is 0 Å². The molecule has 0 aromatic rings. The summed E-state index contributed by atoms with van der Waals surface area (Å²) >= 11 is 22.7. The van der Waals surface area contributed by atoms with Gasteiger partial charge in [-0.05, 0) is 44.8 Å². The SMILES string of the molecule is CCOC(=O)NC(NC(=S)N=C1CCCCCC1)C(Cl)(Cl)Cl. The van der Waals surface area contributed by atoms with Gasteiger partial charge >= 0.3 is 6.09 Å². The van der Waals surface area contributed by atoms with Crippen molar-refractivity contribution in [3.63, 3.8) is 0 Å². The predicted molar refractivity (Wildman–Crippen MR) is 95.1 cm³/mol. The number of aliphatic imine (C=N–C) groups is 1. The number of hydrogen-bond donors (Lipinski definition) is 2. The molecule has 0 aromatic carbocycles. The lowest BCUT2D eigenvalue weighted by atomic mass is 10.2. The predicted octanol–water partition coefficient (Wildman–Crippen LogP) is 4.10. The summed E-state index contributed by atoms with van der Waals surface area (Å²) in [6.07, 6.45) is 4.75. The molecule has 1 fully saturated rings. The van der Waals surface area contributed by atoms with Gasteiger partial charge in [0, 0.05) is 5.71 Å². The van der Waals surface area contributed by atoms with Crippen molar-refractivity contribution in [2.45, 2.75) is 55.4 Å². The maximum Gasteiger partial charge on any atom is 0.408 e. The summed E-state index contributed by atoms with van der Waals surface area (Å²) in [5, 5.41) is 5.35. The number of ether oxygens (including phenoxy) is 1. The summed E-state index contributed by atoms with van der Waals surface area (Å²) in [4.78, 5) is 15.9. The van der Waals surface area contributed by atoms with Gasteiger partial charge in [0.15, 0.2) is 11.3 Å². The molecule has 2 N–H and O–H groups in total. The Hall–Kier alpha value is -0.300. The molecular weight excluding hydrogens is 369 g/mol. The lowest BCUT2D eigenvalue weighted by molar-refractivity contribution is 0.147. The van der Waals surface area contributed by atoms with Gasteiger partial charge in [-0.3, -0.25) is 5.32 Å². The second-order valence-electron chi connectivity index (χ2n) is 4.88. The summed E-state index contributed by atoms with van der Waals surface area (Å²) in [5.74, 6) is 0. The van der Waals surface area contributed by atoms with E-state index in [1.54, 1.807) is 6.92 Å². The van der Waals surface area contributed by atoms with Crippen molar-refractivity contribution in [1.29, 1.82) is 0 Å². The number of carbonyl (C=O) groups is 1. The number of alkyl carbamates (subject to hydrolysis) is 1. The Morgan fingerprint density at radius 1 is 1.27 bits per heavy atom. The molecule has 0 aliphatic heterocycles. The molecule has 0 radical (unpaired) electrons. The average molecular weight is 389 g/mol. The number of alkyl halides is 3. The molecule has 1 aliphatic rings. The molecule has 0 aromatic heterocycles. The van der Waals surface area contributed by atoms with Crippen LogP contribution in [-0.4, -0.2) is 33.5 Å². The van der Waals surface area contributed by atoms with Crippen LogP contribution in [0.4, 0.5) is 4.79 Å². The number of nitrogens with zero attached hydrogens (tertiary/aromatic N) is 1. The number of amides is 1. The van der Waals surface area contributed by atoms with Crippen LogP contribution in [0.1, 0.15) is 45.4 Å². The van der Waals surface area contributed by atoms with Gasteiger partial charge in [-0.25, -0.2) is 9.79 Å². The Kier molecular flexibility index (Phi) is 8.75. The van der Waals surface area contributed by atoms with E-state index in [2.05, 4.69) is 15.6 Å². The van der Waals surface area contributed by atoms with E-state index < -0.39 is 16.1 Å². The summed E-state index contributed by atoms with van der Waals surface area (Å²) in [6.45, 7) is 1.89. The Morgan fingerprint density at radius 3 is 2.36 bits per heavy atom. The summed E-state index contributed by atoms with van der Waals surface area (Å²) in [6, 6.07) is 0. The lowest BCUT2D eigenvalue weighted by Crippen LogP contribution is -2.54. The first-order chi connectivity index (χ1) is 10.3. The highest BCUT2D eigenvalue weighted by atomic mass is 35.6. The topological polar surface area (TPSA) is 62.7 Å². The molecule has 5 nitrogen and oxygen atoms in total. The number of halogens is 3. The largest absolute Gasteiger partial charge is 0.450 e. The number of nitrogens with one attached hydrogen (secondary N) is 2. The molecular formula is C13H20Cl3N3O2S. The first-order valence-electron chi connectivity index (χ1n) is 7.20. The zero-order valence-corrected chi connectivity index (χ0v) is 15.4. The van der Waals surface area contributed by atoms with E-state index in [4.69, 9.17) is 51.8 Å². The molecule has 1 atom stereocenters. The minimum atomic E-state index is -1.79. The van der Waals surface area contributed by atoms with Crippen LogP contribution in [-0.2, 0) is 4.74 Å². The Balaban J connectivity index is 2.65. The van der Waals surface area contributed by atoms with Crippen LogP contribution < -0.4 is 10.6 Å². The summed E-state index contributed by atoms with van der Waals surface area (Å²) in [7, 11) is 0. The van der Waals surface area contributed by atoms with Crippen LogP contribution in [0.3, 0.4) is 0 Å². The van der Waals surface area contributed by atoms with Gasteiger partial charge in [0.1, 0.15) is 0 Å². The van der Waals surface area contributed by atoms with E-state index >= 15 is 0 Å². The fraction of sp³-hybridized carbons (Fsp3) is 0.769. The van der Waals surface area contributed by atoms with Crippen LogP contribution in [0, 0.1) is 0 Å². The second kappa shape index (κ2) is 9.75. The van der Waals surface area contributed by atoms with E-state index in [0.717, 1.165) is 31.4 Å². The minimum Gasteiger partial charge on any atom is -0.450 e. The highest BCUT2D eigenvalue weighted by Gasteiger charge is 2.35. The van der Waals surface area contributed by atoms with E-state index in [1.165, 1.54) is 12.8 Å². The average Bonchev–Trinajstić information content (AvgIpc) is 2.65. The number of thiocarbonyl (C=S) groups is 1. The standard InChI is InChI=1S/C13H20Cl3N3O2S/c1-2-21-12(20)19-10(13(14,15)16)18-11(22)17-9-7-5-3-4-6-8-9/h10H,2-8H2,1H3,(H,18,22)(H,19,20). The molecule has 1 amide bonds. The van der Waals surface area contributed by atoms with Crippen LogP contribution >= 0.6 is 47.0 Å². The fourth-order valence-electron chi connectivity index (χ4n) is 2.04. The minimum absolute atomic E-state index is 0.185. The van der Waals surface area contributed by atoms with Gasteiger partial charge in [0.05, 0.1) is 6.61 Å². The van der Waals surface area contributed by atoms with Gasteiger partial charge in [0.2, 0.25) is 3.79 Å². The third-order valence-corrected chi connectivity index (χ3v) is 3.94. The van der Waals surface area contributed by atoms with Gasteiger partial charge in [0.25, 0.3) is 0 Å². The molecule has 0 spiro atoms. The molecule has 1 aliphatic carbocycles. The zero-order valence-electron chi connectivity index (χ0n) is 12.3. The molecule has 22 heavy (non-hydrogen) atoms. The molecule has 0 bridgehead atoms. The normalized spacial score (nSPS) is 17.2. The number of carbonyl (C=O) groups excluding carboxylic acids is 1. The highest BCUT2D eigenvalue weighted by molar-refractivity contribution is 7.80. The van der Waals surface area contributed by atoms with Gasteiger partial charge in [-0.2, -0.15) is 0 Å². The van der Waals surface area contributed by atoms with Crippen molar-refractivity contribution < 1.29 is 9.53 Å². The molecule has 1 rings (SSSR count). The quantitative estimate of drug-likeness (QED) is 0.331. The van der Waals surface area contributed by atoms with Crippen molar-refractivity contribution in [2.24, 2.45) is 4.99 Å². The first kappa shape index (κ1) is 19.7. The van der Waals surface area contributed by atoms with Crippen LogP contribution in [0.5, 0.6) is 0 Å². The monoisotopic (exact) mass is 387 g/mol. The maximum absolute atomic E-state index is 11.5. The second-order valence-corrected chi connectivity index (χ2v) is 7.64. The molecule has 0 saturated heterocycles. The number of hydrogen-bond acceptors (Lipinski definition) is 3. The Bertz CT molecular complexity index is 417. The lowest BCUT2D eigenvalue weighted by Gasteiger charge is -2.26. The molecule has 1 saturated carbocycles. The maximum atomic E-state index is 11.5. The van der Waals surface area contributed by atoms with E-state index in [0.29, 0.717) is 0 Å². The van der Waals surface area contributed by atoms with Crippen molar-refractivity contribution in [1.82, 2.24) is 10.6 Å². The summed E-state index contributed by atoms with van der Waals surface area (Å²) in [5.41, 5.74) is 1.04. The van der Waals surface area contributed by atoms with Crippen LogP contribution in [0.2, 0.25) is 0 Å².